The lowest BCUT2D eigenvalue weighted by Crippen LogP contribution is -2.09. The molecule has 104 valence electrons. The quantitative estimate of drug-likeness (QED) is 0.790. The molecule has 0 saturated heterocycles. The molecular weight excluding hydrogens is 385 g/mol. The van der Waals surface area contributed by atoms with Crippen molar-refractivity contribution in [2.75, 3.05) is 4.72 Å². The first-order valence-electron chi connectivity index (χ1n) is 5.98. The Morgan fingerprint density at radius 3 is 2.45 bits per heavy atom. The molecule has 0 spiro atoms. The minimum absolute atomic E-state index is 0.567. The summed E-state index contributed by atoms with van der Waals surface area (Å²) in [5.74, 6) is 0. The smallest absolute Gasteiger partial charge is 0.255 e. The van der Waals surface area contributed by atoms with Crippen LogP contribution in [0.3, 0.4) is 0 Å². The number of anilines is 1. The van der Waals surface area contributed by atoms with Gasteiger partial charge in [-0.1, -0.05) is 36.4 Å². The summed E-state index contributed by atoms with van der Waals surface area (Å²) in [4.78, 5) is 0. The minimum atomic E-state index is -3.50. The maximum Gasteiger partial charge on any atom is 0.255 e. The van der Waals surface area contributed by atoms with Gasteiger partial charge in [-0.25, -0.2) is 8.42 Å². The van der Waals surface area contributed by atoms with Crippen molar-refractivity contribution in [3.8, 4) is 0 Å². The van der Waals surface area contributed by atoms with Gasteiger partial charge in [0.25, 0.3) is 10.0 Å². The first-order chi connectivity index (χ1) is 9.46. The van der Waals surface area contributed by atoms with Gasteiger partial charge in [0.15, 0.2) is 0 Å². The van der Waals surface area contributed by atoms with Crippen molar-refractivity contribution >= 4 is 44.4 Å². The van der Waals surface area contributed by atoms with Crippen molar-refractivity contribution in [2.24, 2.45) is 0 Å². The van der Waals surface area contributed by atoms with Crippen LogP contribution in [0.1, 0.15) is 11.1 Å². The molecule has 0 aliphatic heterocycles. The zero-order chi connectivity index (χ0) is 14.6. The van der Waals surface area contributed by atoms with Crippen LogP contribution in [0.4, 0.5) is 5.69 Å². The fourth-order valence-electron chi connectivity index (χ4n) is 1.59. The van der Waals surface area contributed by atoms with Crippen molar-refractivity contribution in [1.82, 2.24) is 0 Å². The van der Waals surface area contributed by atoms with Gasteiger partial charge in [0, 0.05) is 9.26 Å². The SMILES string of the molecule is Cc1ccc(NS(=O)(=O)/C=C/c2ccccc2)cc1I. The lowest BCUT2D eigenvalue weighted by molar-refractivity contribution is 0.609. The van der Waals surface area contributed by atoms with Crippen molar-refractivity contribution in [3.63, 3.8) is 0 Å². The summed E-state index contributed by atoms with van der Waals surface area (Å²) in [5, 5.41) is 1.18. The molecule has 0 radical (unpaired) electrons. The van der Waals surface area contributed by atoms with Crippen molar-refractivity contribution in [2.45, 2.75) is 6.92 Å². The Bertz CT molecular complexity index is 725. The van der Waals surface area contributed by atoms with E-state index < -0.39 is 10.0 Å². The summed E-state index contributed by atoms with van der Waals surface area (Å²) in [6.45, 7) is 1.98. The number of rotatable bonds is 4. The molecule has 0 aromatic heterocycles. The van der Waals surface area contributed by atoms with E-state index in [1.54, 1.807) is 12.1 Å². The van der Waals surface area contributed by atoms with Gasteiger partial charge in [-0.15, -0.1) is 0 Å². The second-order valence-electron chi connectivity index (χ2n) is 4.32. The summed E-state index contributed by atoms with van der Waals surface area (Å²) >= 11 is 2.18. The summed E-state index contributed by atoms with van der Waals surface area (Å²) in [7, 11) is -3.50. The van der Waals surface area contributed by atoms with Crippen LogP contribution in [0.2, 0.25) is 0 Å². The van der Waals surface area contributed by atoms with Crippen LogP contribution in [0, 0.1) is 10.5 Å². The molecule has 2 aromatic rings. The molecule has 0 aliphatic carbocycles. The third-order valence-corrected chi connectivity index (χ3v) is 4.85. The molecule has 2 rings (SSSR count). The molecule has 0 atom stereocenters. The highest BCUT2D eigenvalue weighted by molar-refractivity contribution is 14.1. The predicted molar refractivity (Wildman–Crippen MR) is 91.9 cm³/mol. The maximum absolute atomic E-state index is 12.0. The molecule has 0 heterocycles. The Morgan fingerprint density at radius 1 is 1.10 bits per heavy atom. The molecule has 20 heavy (non-hydrogen) atoms. The summed E-state index contributed by atoms with van der Waals surface area (Å²) in [6, 6.07) is 14.8. The average Bonchev–Trinajstić information content (AvgIpc) is 2.42. The van der Waals surface area contributed by atoms with Gasteiger partial charge in [-0.05, 0) is 58.9 Å². The topological polar surface area (TPSA) is 46.2 Å². The second-order valence-corrected chi connectivity index (χ2v) is 7.05. The standard InChI is InChI=1S/C15H14INO2S/c1-12-7-8-14(11-15(12)16)17-20(18,19)10-9-13-5-3-2-4-6-13/h2-11,17H,1H3/b10-9+. The molecule has 0 fully saturated rings. The normalized spacial score (nSPS) is 11.7. The van der Waals surface area contributed by atoms with E-state index in [2.05, 4.69) is 27.3 Å². The molecule has 0 bridgehead atoms. The van der Waals surface area contributed by atoms with Gasteiger partial charge >= 0.3 is 0 Å². The highest BCUT2D eigenvalue weighted by Gasteiger charge is 2.06. The number of aryl methyl sites for hydroxylation is 1. The molecule has 3 nitrogen and oxygen atoms in total. The van der Waals surface area contributed by atoms with E-state index >= 15 is 0 Å². The van der Waals surface area contributed by atoms with Gasteiger partial charge in [0.2, 0.25) is 0 Å². The van der Waals surface area contributed by atoms with Crippen LogP contribution in [-0.4, -0.2) is 8.42 Å². The number of nitrogens with one attached hydrogen (secondary N) is 1. The Labute approximate surface area is 132 Å². The Balaban J connectivity index is 2.15. The summed E-state index contributed by atoms with van der Waals surface area (Å²) in [6.07, 6.45) is 1.57. The van der Waals surface area contributed by atoms with E-state index in [1.165, 1.54) is 5.41 Å². The second kappa shape index (κ2) is 6.41. The zero-order valence-electron chi connectivity index (χ0n) is 10.9. The predicted octanol–water partition coefficient (Wildman–Crippen LogP) is 4.01. The molecule has 0 unspecified atom stereocenters. The van der Waals surface area contributed by atoms with Gasteiger partial charge in [-0.3, -0.25) is 4.72 Å². The lowest BCUT2D eigenvalue weighted by Gasteiger charge is -2.06. The van der Waals surface area contributed by atoms with Crippen LogP contribution < -0.4 is 4.72 Å². The largest absolute Gasteiger partial charge is 0.280 e. The van der Waals surface area contributed by atoms with Gasteiger partial charge in [0.05, 0.1) is 5.41 Å². The van der Waals surface area contributed by atoms with Crippen LogP contribution in [0.15, 0.2) is 53.9 Å². The van der Waals surface area contributed by atoms with E-state index in [4.69, 9.17) is 0 Å². The monoisotopic (exact) mass is 399 g/mol. The van der Waals surface area contributed by atoms with Gasteiger partial charge in [0.1, 0.15) is 0 Å². The van der Waals surface area contributed by atoms with E-state index in [9.17, 15) is 8.42 Å². The van der Waals surface area contributed by atoms with Crippen LogP contribution >= 0.6 is 22.6 Å². The van der Waals surface area contributed by atoms with Crippen LogP contribution in [-0.2, 0) is 10.0 Å². The molecule has 0 saturated carbocycles. The minimum Gasteiger partial charge on any atom is -0.280 e. The van der Waals surface area contributed by atoms with E-state index in [0.29, 0.717) is 5.69 Å². The molecule has 1 N–H and O–H groups in total. The third kappa shape index (κ3) is 4.35. The number of halogens is 1. The number of hydrogen-bond acceptors (Lipinski definition) is 2. The lowest BCUT2D eigenvalue weighted by atomic mass is 10.2. The highest BCUT2D eigenvalue weighted by Crippen LogP contribution is 2.18. The van der Waals surface area contributed by atoms with Crippen LogP contribution in [0.25, 0.3) is 6.08 Å². The molecule has 0 amide bonds. The Hall–Kier alpha value is -1.34. The Kier molecular flexibility index (Phi) is 4.82. The number of benzene rings is 2. The molecular formula is C15H14INO2S. The number of hydrogen-bond donors (Lipinski definition) is 1. The first kappa shape index (κ1) is 15.1. The molecule has 5 heteroatoms. The highest BCUT2D eigenvalue weighted by atomic mass is 127. The third-order valence-electron chi connectivity index (χ3n) is 2.67. The molecule has 2 aromatic carbocycles. The van der Waals surface area contributed by atoms with E-state index in [-0.39, 0.29) is 0 Å². The fourth-order valence-corrected chi connectivity index (χ4v) is 2.96. The maximum atomic E-state index is 12.0. The van der Waals surface area contributed by atoms with Crippen molar-refractivity contribution < 1.29 is 8.42 Å². The molecule has 0 aliphatic rings. The first-order valence-corrected chi connectivity index (χ1v) is 8.61. The summed E-state index contributed by atoms with van der Waals surface area (Å²) in [5.41, 5.74) is 2.53. The van der Waals surface area contributed by atoms with Crippen molar-refractivity contribution in [1.29, 1.82) is 0 Å². The van der Waals surface area contributed by atoms with E-state index in [0.717, 1.165) is 14.7 Å². The van der Waals surface area contributed by atoms with Gasteiger partial charge < -0.3 is 0 Å². The van der Waals surface area contributed by atoms with Crippen molar-refractivity contribution in [3.05, 3.63) is 68.6 Å². The number of sulfonamides is 1. The van der Waals surface area contributed by atoms with Gasteiger partial charge in [-0.2, -0.15) is 0 Å². The van der Waals surface area contributed by atoms with Crippen LogP contribution in [0.5, 0.6) is 0 Å². The fraction of sp³-hybridized carbons (Fsp3) is 0.0667. The van der Waals surface area contributed by atoms with E-state index in [1.807, 2.05) is 49.4 Å². The summed E-state index contributed by atoms with van der Waals surface area (Å²) < 4.78 is 27.5. The average molecular weight is 399 g/mol. The zero-order valence-corrected chi connectivity index (χ0v) is 13.9. The Morgan fingerprint density at radius 2 is 1.80 bits per heavy atom.